The summed E-state index contributed by atoms with van der Waals surface area (Å²) in [6.45, 7) is 10.3. The van der Waals surface area contributed by atoms with Crippen LogP contribution in [0.5, 0.6) is 0 Å². The number of hydrogen-bond acceptors (Lipinski definition) is 1. The minimum Gasteiger partial charge on any atom is -0.300 e. The van der Waals surface area contributed by atoms with Crippen molar-refractivity contribution < 1.29 is 4.79 Å². The maximum Gasteiger partial charge on any atom is 0.129 e. The van der Waals surface area contributed by atoms with E-state index in [2.05, 4.69) is 13.8 Å². The lowest BCUT2D eigenvalue weighted by molar-refractivity contribution is -0.117. The van der Waals surface area contributed by atoms with Crippen LogP contribution in [0.15, 0.2) is 0 Å². The molecule has 0 aliphatic heterocycles. The van der Waals surface area contributed by atoms with Crippen LogP contribution in [0.4, 0.5) is 0 Å². The molecule has 0 saturated heterocycles. The van der Waals surface area contributed by atoms with Gasteiger partial charge in [0.1, 0.15) is 5.78 Å². The average molecular weight is 242 g/mol. The molecule has 0 aromatic rings. The van der Waals surface area contributed by atoms with E-state index in [1.54, 1.807) is 6.92 Å². The molecule has 104 valence electrons. The largest absolute Gasteiger partial charge is 0.300 e. The van der Waals surface area contributed by atoms with Gasteiger partial charge in [0.25, 0.3) is 0 Å². The van der Waals surface area contributed by atoms with Crippen LogP contribution in [0.3, 0.4) is 0 Å². The number of carbonyl (C=O) groups excluding carboxylic acids is 1. The van der Waals surface area contributed by atoms with Gasteiger partial charge in [-0.25, -0.2) is 0 Å². The van der Waals surface area contributed by atoms with Crippen molar-refractivity contribution in [3.05, 3.63) is 0 Å². The summed E-state index contributed by atoms with van der Waals surface area (Å²) in [7, 11) is 0. The van der Waals surface area contributed by atoms with Crippen molar-refractivity contribution >= 4 is 5.78 Å². The third-order valence-electron chi connectivity index (χ3n) is 3.17. The van der Waals surface area contributed by atoms with Crippen molar-refractivity contribution in [3.63, 3.8) is 0 Å². The molecule has 0 spiro atoms. The molecule has 0 N–H and O–H groups in total. The van der Waals surface area contributed by atoms with E-state index in [9.17, 15) is 4.79 Å². The highest BCUT2D eigenvalue weighted by Crippen LogP contribution is 2.19. The standard InChI is InChI=1S/C14H28O.C2H6/c1-4-10-14(5-2)12-9-7-6-8-11-13(3)15;1-2/h14H,4-12H2,1-3H3;1-2H3. The Hall–Kier alpha value is -0.330. The van der Waals surface area contributed by atoms with Crippen molar-refractivity contribution in [1.82, 2.24) is 0 Å². The topological polar surface area (TPSA) is 17.1 Å². The van der Waals surface area contributed by atoms with Crippen molar-refractivity contribution in [2.45, 2.75) is 92.4 Å². The Bertz CT molecular complexity index is 152. The maximum absolute atomic E-state index is 10.7. The normalized spacial score (nSPS) is 11.6. The van der Waals surface area contributed by atoms with E-state index in [-0.39, 0.29) is 0 Å². The van der Waals surface area contributed by atoms with Gasteiger partial charge >= 0.3 is 0 Å². The van der Waals surface area contributed by atoms with Crippen LogP contribution in [0.25, 0.3) is 0 Å². The molecule has 0 aromatic heterocycles. The Kier molecular flexibility index (Phi) is 17.5. The minimum absolute atomic E-state index is 0.340. The average Bonchev–Trinajstić information content (AvgIpc) is 2.34. The fourth-order valence-electron chi connectivity index (χ4n) is 2.12. The van der Waals surface area contributed by atoms with E-state index in [0.29, 0.717) is 5.78 Å². The number of rotatable bonds is 10. The van der Waals surface area contributed by atoms with E-state index >= 15 is 0 Å². The van der Waals surface area contributed by atoms with Gasteiger partial charge in [-0.05, 0) is 19.3 Å². The highest BCUT2D eigenvalue weighted by Gasteiger charge is 2.04. The number of ketones is 1. The van der Waals surface area contributed by atoms with Gasteiger partial charge in [-0.15, -0.1) is 0 Å². The Morgan fingerprint density at radius 1 is 0.941 bits per heavy atom. The lowest BCUT2D eigenvalue weighted by Crippen LogP contribution is -1.98. The predicted molar refractivity (Wildman–Crippen MR) is 78.4 cm³/mol. The van der Waals surface area contributed by atoms with Crippen LogP contribution in [0.2, 0.25) is 0 Å². The smallest absolute Gasteiger partial charge is 0.129 e. The third kappa shape index (κ3) is 15.7. The Morgan fingerprint density at radius 3 is 2.00 bits per heavy atom. The van der Waals surface area contributed by atoms with Crippen molar-refractivity contribution in [2.24, 2.45) is 5.92 Å². The Labute approximate surface area is 109 Å². The minimum atomic E-state index is 0.340. The zero-order valence-electron chi connectivity index (χ0n) is 12.8. The first-order chi connectivity index (χ1) is 8.20. The van der Waals surface area contributed by atoms with Crippen molar-refractivity contribution in [1.29, 1.82) is 0 Å². The van der Waals surface area contributed by atoms with Gasteiger partial charge in [-0.2, -0.15) is 0 Å². The van der Waals surface area contributed by atoms with Crippen LogP contribution in [0.1, 0.15) is 92.4 Å². The molecule has 17 heavy (non-hydrogen) atoms. The number of Topliss-reactive ketones (excluding diaryl/α,β-unsaturated/α-hetero) is 1. The maximum atomic E-state index is 10.7. The summed E-state index contributed by atoms with van der Waals surface area (Å²) in [5.41, 5.74) is 0. The number of unbranched alkanes of at least 4 members (excludes halogenated alkanes) is 3. The fourth-order valence-corrected chi connectivity index (χ4v) is 2.12. The van der Waals surface area contributed by atoms with Gasteiger partial charge < -0.3 is 4.79 Å². The van der Waals surface area contributed by atoms with Crippen LogP contribution in [-0.4, -0.2) is 5.78 Å². The fraction of sp³-hybridized carbons (Fsp3) is 0.938. The van der Waals surface area contributed by atoms with Gasteiger partial charge in [0.2, 0.25) is 0 Å². The molecule has 0 amide bonds. The first kappa shape index (κ1) is 19.0. The summed E-state index contributed by atoms with van der Waals surface area (Å²) >= 11 is 0. The third-order valence-corrected chi connectivity index (χ3v) is 3.17. The van der Waals surface area contributed by atoms with E-state index < -0.39 is 0 Å². The zero-order valence-corrected chi connectivity index (χ0v) is 12.8. The van der Waals surface area contributed by atoms with Crippen LogP contribution in [0, 0.1) is 5.92 Å². The van der Waals surface area contributed by atoms with Crippen LogP contribution >= 0.6 is 0 Å². The molecule has 0 heterocycles. The summed E-state index contributed by atoms with van der Waals surface area (Å²) in [6.07, 6.45) is 11.2. The predicted octanol–water partition coefficient (Wildman–Crippen LogP) is 5.77. The highest BCUT2D eigenvalue weighted by atomic mass is 16.1. The summed E-state index contributed by atoms with van der Waals surface area (Å²) in [4.78, 5) is 10.7. The molecule has 0 rings (SSSR count). The molecule has 0 fully saturated rings. The molecule has 0 saturated carbocycles. The number of hydrogen-bond donors (Lipinski definition) is 0. The zero-order chi connectivity index (χ0) is 13.5. The molecule has 1 heteroatoms. The Balaban J connectivity index is 0. The number of carbonyl (C=O) groups is 1. The molecule has 0 aromatic carbocycles. The van der Waals surface area contributed by atoms with Crippen molar-refractivity contribution in [2.75, 3.05) is 0 Å². The Morgan fingerprint density at radius 2 is 1.53 bits per heavy atom. The molecule has 0 aliphatic carbocycles. The molecule has 0 aliphatic rings. The van der Waals surface area contributed by atoms with Gasteiger partial charge in [-0.1, -0.05) is 72.6 Å². The van der Waals surface area contributed by atoms with Gasteiger partial charge in [-0.3, -0.25) is 0 Å². The van der Waals surface area contributed by atoms with Gasteiger partial charge in [0.05, 0.1) is 0 Å². The first-order valence-electron chi connectivity index (χ1n) is 7.70. The lowest BCUT2D eigenvalue weighted by atomic mass is 9.94. The van der Waals surface area contributed by atoms with Gasteiger partial charge in [0.15, 0.2) is 0 Å². The monoisotopic (exact) mass is 242 g/mol. The SMILES string of the molecule is CC.CCCC(CC)CCCCCCC(C)=O. The van der Waals surface area contributed by atoms with E-state index in [1.165, 1.54) is 44.9 Å². The molecular formula is C16H34O. The second-order valence-corrected chi connectivity index (χ2v) is 4.72. The molecular weight excluding hydrogens is 208 g/mol. The molecule has 1 nitrogen and oxygen atoms in total. The van der Waals surface area contributed by atoms with Gasteiger partial charge in [0, 0.05) is 6.42 Å². The lowest BCUT2D eigenvalue weighted by Gasteiger charge is -2.12. The molecule has 0 bridgehead atoms. The molecule has 1 unspecified atom stereocenters. The summed E-state index contributed by atoms with van der Waals surface area (Å²) < 4.78 is 0. The summed E-state index contributed by atoms with van der Waals surface area (Å²) in [6, 6.07) is 0. The quantitative estimate of drug-likeness (QED) is 0.444. The highest BCUT2D eigenvalue weighted by molar-refractivity contribution is 5.75. The first-order valence-corrected chi connectivity index (χ1v) is 7.70. The summed E-state index contributed by atoms with van der Waals surface area (Å²) in [5.74, 6) is 1.29. The second kappa shape index (κ2) is 15.7. The van der Waals surface area contributed by atoms with Crippen LogP contribution in [-0.2, 0) is 4.79 Å². The second-order valence-electron chi connectivity index (χ2n) is 4.72. The van der Waals surface area contributed by atoms with E-state index in [4.69, 9.17) is 0 Å². The molecule has 1 atom stereocenters. The van der Waals surface area contributed by atoms with Crippen LogP contribution < -0.4 is 0 Å². The molecule has 0 radical (unpaired) electrons. The van der Waals surface area contributed by atoms with Crippen molar-refractivity contribution in [3.8, 4) is 0 Å². The van der Waals surface area contributed by atoms with E-state index in [1.807, 2.05) is 13.8 Å². The summed E-state index contributed by atoms with van der Waals surface area (Å²) in [5, 5.41) is 0. The van der Waals surface area contributed by atoms with E-state index in [0.717, 1.165) is 18.8 Å².